The van der Waals surface area contributed by atoms with E-state index in [0.29, 0.717) is 23.7 Å². The summed E-state index contributed by atoms with van der Waals surface area (Å²) in [4.78, 5) is 14.0. The lowest BCUT2D eigenvalue weighted by molar-refractivity contribution is -0.106. The smallest absolute Gasteiger partial charge is 0.199 e. The normalized spacial score (nSPS) is 25.2. The van der Waals surface area contributed by atoms with Crippen LogP contribution in [-0.4, -0.2) is 31.6 Å². The molecule has 38 heavy (non-hydrogen) atoms. The Labute approximate surface area is 223 Å². The molecule has 0 bridgehead atoms. The number of benzene rings is 3. The highest BCUT2D eigenvalue weighted by Gasteiger charge is 2.39. The van der Waals surface area contributed by atoms with Crippen LogP contribution < -0.4 is 14.2 Å². The molecule has 3 aliphatic rings. The first-order chi connectivity index (χ1) is 18.6. The molecule has 2 unspecified atom stereocenters. The van der Waals surface area contributed by atoms with E-state index in [1.54, 1.807) is 0 Å². The van der Waals surface area contributed by atoms with E-state index in [9.17, 15) is 4.79 Å². The van der Waals surface area contributed by atoms with Crippen molar-refractivity contribution in [1.82, 2.24) is 0 Å². The van der Waals surface area contributed by atoms with Gasteiger partial charge in [-0.1, -0.05) is 42.0 Å². The number of ketones is 1. The Morgan fingerprint density at radius 2 is 1.32 bits per heavy atom. The van der Waals surface area contributed by atoms with Crippen LogP contribution in [0.4, 0.5) is 0 Å². The second-order valence-corrected chi connectivity index (χ2v) is 10.3. The molecule has 2 fully saturated rings. The van der Waals surface area contributed by atoms with Gasteiger partial charge in [-0.2, -0.15) is 0 Å². The summed E-state index contributed by atoms with van der Waals surface area (Å²) in [5.41, 5.74) is 3.56. The molecule has 6 heteroatoms. The molecule has 6 nitrogen and oxygen atoms in total. The van der Waals surface area contributed by atoms with Crippen LogP contribution in [0.2, 0.25) is 0 Å². The Balaban J connectivity index is 1.29. The average molecular weight is 515 g/mol. The van der Waals surface area contributed by atoms with Crippen molar-refractivity contribution in [3.8, 4) is 17.2 Å². The highest BCUT2D eigenvalue weighted by atomic mass is 16.7. The number of ether oxygens (including phenoxy) is 5. The molecule has 3 aromatic carbocycles. The second kappa shape index (κ2) is 11.2. The molecular weight excluding hydrogens is 480 g/mol. The molecular formula is C32H34O6. The number of carbonyl (C=O) groups is 1. The Hall–Kier alpha value is -3.35. The third-order valence-electron chi connectivity index (χ3n) is 7.51. The zero-order chi connectivity index (χ0) is 25.9. The van der Waals surface area contributed by atoms with E-state index in [4.69, 9.17) is 23.7 Å². The molecule has 0 N–H and O–H groups in total. The maximum absolute atomic E-state index is 14.0. The quantitative estimate of drug-likeness (QED) is 0.356. The van der Waals surface area contributed by atoms with Gasteiger partial charge in [0.05, 0.1) is 24.7 Å². The Bertz CT molecular complexity index is 1240. The fraction of sp³-hybridized carbons (Fsp3) is 0.406. The van der Waals surface area contributed by atoms with Gasteiger partial charge in [0, 0.05) is 18.9 Å². The fourth-order valence-corrected chi connectivity index (χ4v) is 5.40. The second-order valence-electron chi connectivity index (χ2n) is 10.3. The van der Waals surface area contributed by atoms with Gasteiger partial charge in [-0.05, 0) is 68.0 Å². The lowest BCUT2D eigenvalue weighted by atomic mass is 9.81. The van der Waals surface area contributed by atoms with E-state index >= 15 is 0 Å². The number of hydrogen-bond acceptors (Lipinski definition) is 6. The maximum atomic E-state index is 14.0. The van der Waals surface area contributed by atoms with E-state index in [2.05, 4.69) is 19.1 Å². The first-order valence-corrected chi connectivity index (χ1v) is 13.7. The molecule has 2 saturated heterocycles. The highest BCUT2D eigenvalue weighted by molar-refractivity contribution is 6.04. The van der Waals surface area contributed by atoms with Crippen LogP contribution >= 0.6 is 0 Å². The third kappa shape index (κ3) is 5.42. The van der Waals surface area contributed by atoms with Crippen LogP contribution in [0.15, 0.2) is 66.7 Å². The van der Waals surface area contributed by atoms with Crippen molar-refractivity contribution >= 4 is 5.78 Å². The largest absolute Gasteiger partial charge is 0.484 e. The number of rotatable bonds is 6. The lowest BCUT2D eigenvalue weighted by Crippen LogP contribution is -2.30. The lowest BCUT2D eigenvalue weighted by Gasteiger charge is -2.34. The summed E-state index contributed by atoms with van der Waals surface area (Å²) in [6, 6.07) is 21.4. The number of carbonyl (C=O) groups excluding carboxylic acids is 1. The van der Waals surface area contributed by atoms with E-state index in [1.165, 1.54) is 0 Å². The molecule has 0 aliphatic carbocycles. The molecule has 198 valence electrons. The molecule has 6 rings (SSSR count). The van der Waals surface area contributed by atoms with E-state index in [-0.39, 0.29) is 18.4 Å². The van der Waals surface area contributed by atoms with Crippen LogP contribution in [-0.2, 0) is 9.47 Å². The number of hydrogen-bond donors (Lipinski definition) is 0. The first kappa shape index (κ1) is 25.0. The average Bonchev–Trinajstić information content (AvgIpc) is 2.95. The molecule has 3 aromatic rings. The van der Waals surface area contributed by atoms with Crippen LogP contribution in [0.5, 0.6) is 17.2 Å². The first-order valence-electron chi connectivity index (χ1n) is 13.7. The SMILES string of the molecule is Cc1ccc([C@H]2Oc3cc(OC4CCCCO4)ccc3C(=O)[C@@H]2c2ccc(OC3CCCCO3)cc2)cc1. The Morgan fingerprint density at radius 1 is 0.711 bits per heavy atom. The van der Waals surface area contributed by atoms with Crippen LogP contribution in [0, 0.1) is 6.92 Å². The summed E-state index contributed by atoms with van der Waals surface area (Å²) in [6.45, 7) is 3.49. The van der Waals surface area contributed by atoms with E-state index in [0.717, 1.165) is 67.6 Å². The molecule has 0 spiro atoms. The predicted molar refractivity (Wildman–Crippen MR) is 143 cm³/mol. The van der Waals surface area contributed by atoms with Gasteiger partial charge < -0.3 is 23.7 Å². The van der Waals surface area contributed by atoms with Gasteiger partial charge in [-0.3, -0.25) is 4.79 Å². The Kier molecular flexibility index (Phi) is 7.34. The van der Waals surface area contributed by atoms with Crippen LogP contribution in [0.25, 0.3) is 0 Å². The fourth-order valence-electron chi connectivity index (χ4n) is 5.40. The maximum Gasteiger partial charge on any atom is 0.199 e. The van der Waals surface area contributed by atoms with Gasteiger partial charge in [0.15, 0.2) is 18.4 Å². The molecule has 0 amide bonds. The van der Waals surface area contributed by atoms with Crippen molar-refractivity contribution in [2.24, 2.45) is 0 Å². The Morgan fingerprint density at radius 3 is 1.95 bits per heavy atom. The summed E-state index contributed by atoms with van der Waals surface area (Å²) >= 11 is 0. The molecule has 0 aromatic heterocycles. The van der Waals surface area contributed by atoms with Crippen molar-refractivity contribution in [1.29, 1.82) is 0 Å². The molecule has 4 atom stereocenters. The van der Waals surface area contributed by atoms with Crippen molar-refractivity contribution in [2.75, 3.05) is 13.2 Å². The van der Waals surface area contributed by atoms with Crippen molar-refractivity contribution in [3.05, 3.63) is 89.0 Å². The predicted octanol–water partition coefficient (Wildman–Crippen LogP) is 6.91. The van der Waals surface area contributed by atoms with Gasteiger partial charge in [0.25, 0.3) is 0 Å². The summed E-state index contributed by atoms with van der Waals surface area (Å²) < 4.78 is 30.1. The van der Waals surface area contributed by atoms with E-state index < -0.39 is 12.0 Å². The summed E-state index contributed by atoms with van der Waals surface area (Å²) in [6.07, 6.45) is 5.13. The van der Waals surface area contributed by atoms with Crippen LogP contribution in [0.3, 0.4) is 0 Å². The standard InChI is InChI=1S/C32H34O6/c1-21-8-10-23(11-9-21)32-30(22-12-14-24(15-13-22)36-28-6-2-4-18-34-28)31(33)26-17-16-25(20-27(26)38-32)37-29-7-3-5-19-35-29/h8-17,20,28-30,32H,2-7,18-19H2,1H3/t28?,29?,30-,32+/m0/s1. The highest BCUT2D eigenvalue weighted by Crippen LogP contribution is 2.45. The number of aryl methyl sites for hydroxylation is 1. The summed E-state index contributed by atoms with van der Waals surface area (Å²) in [5, 5.41) is 0. The molecule has 3 heterocycles. The minimum Gasteiger partial charge on any atom is -0.484 e. The van der Waals surface area contributed by atoms with Crippen molar-refractivity contribution in [2.45, 2.75) is 70.1 Å². The minimum absolute atomic E-state index is 0.0292. The monoisotopic (exact) mass is 514 g/mol. The van der Waals surface area contributed by atoms with Gasteiger partial charge in [-0.25, -0.2) is 0 Å². The van der Waals surface area contributed by atoms with Gasteiger partial charge in [-0.15, -0.1) is 0 Å². The topological polar surface area (TPSA) is 63.2 Å². The third-order valence-corrected chi connectivity index (χ3v) is 7.51. The van der Waals surface area contributed by atoms with Gasteiger partial charge >= 0.3 is 0 Å². The molecule has 0 radical (unpaired) electrons. The zero-order valence-electron chi connectivity index (χ0n) is 21.8. The summed E-state index contributed by atoms with van der Waals surface area (Å²) in [7, 11) is 0. The van der Waals surface area contributed by atoms with Gasteiger partial charge in [0.2, 0.25) is 0 Å². The number of Topliss-reactive ketones (excluding diaryl/α,β-unsaturated/α-hetero) is 1. The molecule has 3 aliphatic heterocycles. The van der Waals surface area contributed by atoms with Crippen LogP contribution in [0.1, 0.15) is 77.6 Å². The minimum atomic E-state index is -0.487. The van der Waals surface area contributed by atoms with Gasteiger partial charge in [0.1, 0.15) is 23.4 Å². The van der Waals surface area contributed by atoms with E-state index in [1.807, 2.05) is 54.6 Å². The van der Waals surface area contributed by atoms with Crippen molar-refractivity contribution < 1.29 is 28.5 Å². The van der Waals surface area contributed by atoms with Crippen molar-refractivity contribution in [3.63, 3.8) is 0 Å². The molecule has 0 saturated carbocycles. The zero-order valence-corrected chi connectivity index (χ0v) is 21.8. The number of fused-ring (bicyclic) bond motifs is 1. The summed E-state index contributed by atoms with van der Waals surface area (Å²) in [5.74, 6) is 1.47.